The van der Waals surface area contributed by atoms with E-state index < -0.39 is 5.41 Å². The van der Waals surface area contributed by atoms with Crippen molar-refractivity contribution < 1.29 is 14.4 Å². The highest BCUT2D eigenvalue weighted by molar-refractivity contribution is 6.30. The number of carbonyl (C=O) groups excluding carboxylic acids is 3. The normalized spacial score (nSPS) is 18.5. The quantitative estimate of drug-likeness (QED) is 0.257. The number of aryl methyl sites for hydroxylation is 1. The monoisotopic (exact) mass is 424 g/mol. The van der Waals surface area contributed by atoms with Crippen molar-refractivity contribution in [3.8, 4) is 0 Å². The van der Waals surface area contributed by atoms with Gasteiger partial charge >= 0.3 is 0 Å². The van der Waals surface area contributed by atoms with Crippen LogP contribution < -0.4 is 0 Å². The molecule has 0 bridgehead atoms. The fourth-order valence-electron chi connectivity index (χ4n) is 4.92. The second kappa shape index (κ2) is 12.1. The molecule has 1 unspecified atom stereocenters. The van der Waals surface area contributed by atoms with Crippen molar-refractivity contribution in [2.75, 3.05) is 0 Å². The molecule has 0 radical (unpaired) electrons. The molecule has 0 spiro atoms. The van der Waals surface area contributed by atoms with E-state index >= 15 is 0 Å². The number of hydrogen-bond acceptors (Lipinski definition) is 3. The van der Waals surface area contributed by atoms with Crippen LogP contribution in [-0.4, -0.2) is 17.3 Å². The summed E-state index contributed by atoms with van der Waals surface area (Å²) in [5.41, 5.74) is 1.18. The smallest absolute Gasteiger partial charge is 0.179 e. The Morgan fingerprint density at radius 3 is 2.03 bits per heavy atom. The van der Waals surface area contributed by atoms with E-state index in [2.05, 4.69) is 20.8 Å². The van der Waals surface area contributed by atoms with Gasteiger partial charge in [-0.2, -0.15) is 0 Å². The van der Waals surface area contributed by atoms with Crippen LogP contribution in [-0.2, 0) is 20.8 Å². The van der Waals surface area contributed by atoms with E-state index in [0.717, 1.165) is 56.1 Å². The molecule has 1 aliphatic rings. The average Bonchev–Trinajstić information content (AvgIpc) is 2.78. The fourth-order valence-corrected chi connectivity index (χ4v) is 4.92. The summed E-state index contributed by atoms with van der Waals surface area (Å²) in [5.74, 6) is -0.465. The topological polar surface area (TPSA) is 51.2 Å². The molecular weight excluding hydrogens is 384 g/mol. The first-order valence-electron chi connectivity index (χ1n) is 12.3. The van der Waals surface area contributed by atoms with Crippen molar-refractivity contribution in [1.82, 2.24) is 0 Å². The van der Waals surface area contributed by atoms with Gasteiger partial charge in [0.05, 0.1) is 11.0 Å². The molecule has 0 aromatic heterocycles. The Morgan fingerprint density at radius 1 is 0.903 bits per heavy atom. The van der Waals surface area contributed by atoms with Gasteiger partial charge < -0.3 is 0 Å². The summed E-state index contributed by atoms with van der Waals surface area (Å²) in [4.78, 5) is 41.0. The lowest BCUT2D eigenvalue weighted by Gasteiger charge is -2.40. The number of unbranched alkanes of at least 4 members (excludes halogenated alkanes) is 3. The number of rotatable bonds is 13. The molecule has 0 aliphatic heterocycles. The zero-order valence-corrected chi connectivity index (χ0v) is 20.0. The SMILES string of the molecule is CCCCC1C(=O)C(CCCC)(CCCC)C(=O)C(C(=O)CCc2ccccc2)=C1C. The Labute approximate surface area is 188 Å². The van der Waals surface area contributed by atoms with Crippen LogP contribution in [0.3, 0.4) is 0 Å². The van der Waals surface area contributed by atoms with Crippen LogP contribution in [0.1, 0.15) is 97.5 Å². The molecule has 0 fully saturated rings. The predicted molar refractivity (Wildman–Crippen MR) is 127 cm³/mol. The van der Waals surface area contributed by atoms with Gasteiger partial charge in [0.1, 0.15) is 0 Å². The minimum absolute atomic E-state index is 0.0854. The van der Waals surface area contributed by atoms with Crippen molar-refractivity contribution in [2.24, 2.45) is 11.3 Å². The second-order valence-electron chi connectivity index (χ2n) is 9.14. The van der Waals surface area contributed by atoms with Gasteiger partial charge in [-0.15, -0.1) is 0 Å². The standard InChI is InChI=1S/C28H40O3/c1-5-8-16-23-21(4)25(24(29)18-17-22-14-12-11-13-15-22)27(31)28(26(23)30,19-9-6-2)20-10-7-3/h11-15,23H,5-10,16-20H2,1-4H3. The van der Waals surface area contributed by atoms with Crippen molar-refractivity contribution in [3.63, 3.8) is 0 Å². The van der Waals surface area contributed by atoms with Gasteiger partial charge in [-0.1, -0.05) is 89.6 Å². The van der Waals surface area contributed by atoms with Crippen molar-refractivity contribution in [3.05, 3.63) is 47.0 Å². The average molecular weight is 425 g/mol. The third-order valence-electron chi connectivity index (χ3n) is 6.89. The minimum Gasteiger partial charge on any atom is -0.298 e. The number of carbonyl (C=O) groups is 3. The number of Topliss-reactive ketones (excluding diaryl/α,β-unsaturated/α-hetero) is 3. The summed E-state index contributed by atoms with van der Waals surface area (Å²) in [5, 5.41) is 0. The van der Waals surface area contributed by atoms with E-state index in [-0.39, 0.29) is 23.3 Å². The Hall–Kier alpha value is -2.03. The highest BCUT2D eigenvalue weighted by Crippen LogP contribution is 2.46. The lowest BCUT2D eigenvalue weighted by molar-refractivity contribution is -0.144. The van der Waals surface area contributed by atoms with E-state index in [0.29, 0.717) is 31.3 Å². The van der Waals surface area contributed by atoms with Crippen LogP contribution in [0.25, 0.3) is 0 Å². The van der Waals surface area contributed by atoms with Gasteiger partial charge in [0, 0.05) is 12.3 Å². The van der Waals surface area contributed by atoms with Gasteiger partial charge in [-0.05, 0) is 43.7 Å². The minimum atomic E-state index is -0.998. The summed E-state index contributed by atoms with van der Waals surface area (Å²) in [6.07, 6.45) is 8.32. The maximum Gasteiger partial charge on any atom is 0.179 e. The summed E-state index contributed by atoms with van der Waals surface area (Å²) < 4.78 is 0. The highest BCUT2D eigenvalue weighted by atomic mass is 16.2. The molecule has 3 heteroatoms. The van der Waals surface area contributed by atoms with Crippen LogP contribution in [0.15, 0.2) is 41.5 Å². The Bertz CT molecular complexity index is 780. The molecule has 170 valence electrons. The highest BCUT2D eigenvalue weighted by Gasteiger charge is 2.53. The zero-order valence-electron chi connectivity index (χ0n) is 20.0. The van der Waals surface area contributed by atoms with Crippen LogP contribution in [0.5, 0.6) is 0 Å². The van der Waals surface area contributed by atoms with Crippen molar-refractivity contribution in [2.45, 2.75) is 98.3 Å². The maximum atomic E-state index is 13.9. The Balaban J connectivity index is 2.43. The molecule has 2 rings (SSSR count). The summed E-state index contributed by atoms with van der Waals surface area (Å²) in [6, 6.07) is 9.92. The molecule has 1 aliphatic carbocycles. The van der Waals surface area contributed by atoms with Crippen molar-refractivity contribution >= 4 is 17.3 Å². The molecular formula is C28H40O3. The molecule has 0 saturated heterocycles. The van der Waals surface area contributed by atoms with Gasteiger partial charge in [0.15, 0.2) is 17.3 Å². The molecule has 1 aromatic carbocycles. The molecule has 0 amide bonds. The summed E-state index contributed by atoms with van der Waals surface area (Å²) >= 11 is 0. The van der Waals surface area contributed by atoms with E-state index in [1.807, 2.05) is 37.3 Å². The van der Waals surface area contributed by atoms with Crippen LogP contribution in [0.2, 0.25) is 0 Å². The van der Waals surface area contributed by atoms with E-state index in [4.69, 9.17) is 0 Å². The number of allylic oxidation sites excluding steroid dienone is 2. The van der Waals surface area contributed by atoms with Gasteiger partial charge in [-0.25, -0.2) is 0 Å². The molecule has 0 saturated carbocycles. The molecule has 0 N–H and O–H groups in total. The van der Waals surface area contributed by atoms with Gasteiger partial charge in [0.25, 0.3) is 0 Å². The van der Waals surface area contributed by atoms with Crippen LogP contribution in [0, 0.1) is 11.3 Å². The molecule has 1 atom stereocenters. The van der Waals surface area contributed by atoms with Crippen LogP contribution >= 0.6 is 0 Å². The third kappa shape index (κ3) is 5.81. The molecule has 1 aromatic rings. The zero-order chi connectivity index (χ0) is 22.9. The molecule has 31 heavy (non-hydrogen) atoms. The lowest BCUT2D eigenvalue weighted by Crippen LogP contribution is -2.49. The largest absolute Gasteiger partial charge is 0.298 e. The van der Waals surface area contributed by atoms with Crippen LogP contribution in [0.4, 0.5) is 0 Å². The van der Waals surface area contributed by atoms with Gasteiger partial charge in [-0.3, -0.25) is 14.4 Å². The lowest BCUT2D eigenvalue weighted by atomic mass is 9.59. The van der Waals surface area contributed by atoms with Gasteiger partial charge in [0.2, 0.25) is 0 Å². The third-order valence-corrected chi connectivity index (χ3v) is 6.89. The maximum absolute atomic E-state index is 13.9. The number of benzene rings is 1. The Kier molecular flexibility index (Phi) is 9.87. The predicted octanol–water partition coefficient (Wildman–Crippen LogP) is 6.83. The van der Waals surface area contributed by atoms with E-state index in [9.17, 15) is 14.4 Å². The van der Waals surface area contributed by atoms with E-state index in [1.165, 1.54) is 0 Å². The molecule has 3 nitrogen and oxygen atoms in total. The molecule has 0 heterocycles. The first-order chi connectivity index (χ1) is 14.9. The fraction of sp³-hybridized carbons (Fsp3) is 0.607. The summed E-state index contributed by atoms with van der Waals surface area (Å²) in [6.45, 7) is 8.15. The Morgan fingerprint density at radius 2 is 1.48 bits per heavy atom. The first-order valence-corrected chi connectivity index (χ1v) is 12.3. The summed E-state index contributed by atoms with van der Waals surface area (Å²) in [7, 11) is 0. The van der Waals surface area contributed by atoms with E-state index in [1.54, 1.807) is 0 Å². The first kappa shape index (κ1) is 25.2. The number of hydrogen-bond donors (Lipinski definition) is 0. The number of ketones is 3. The van der Waals surface area contributed by atoms with Crippen molar-refractivity contribution in [1.29, 1.82) is 0 Å². The second-order valence-corrected chi connectivity index (χ2v) is 9.14.